The van der Waals surface area contributed by atoms with Gasteiger partial charge in [-0.05, 0) is 18.1 Å². The maximum Gasteiger partial charge on any atom is 0.341 e. The van der Waals surface area contributed by atoms with E-state index in [4.69, 9.17) is 19.3 Å². The fourth-order valence-electron chi connectivity index (χ4n) is 2.38. The monoisotopic (exact) mass is 372 g/mol. The van der Waals surface area contributed by atoms with Crippen LogP contribution in [0.25, 0.3) is 0 Å². The minimum atomic E-state index is -1.58. The number of esters is 1. The number of rotatable bonds is 6. The topological polar surface area (TPSA) is 146 Å². The highest BCUT2D eigenvalue weighted by molar-refractivity contribution is 5.92. The number of hydrogen-bond acceptors (Lipinski definition) is 9. The Morgan fingerprint density at radius 2 is 1.88 bits per heavy atom. The molecule has 9 heteroatoms. The molecule has 2 rings (SSSR count). The lowest BCUT2D eigenvalue weighted by molar-refractivity contribution is -0.277. The van der Waals surface area contributed by atoms with Crippen LogP contribution in [0, 0.1) is 5.92 Å². The van der Waals surface area contributed by atoms with Gasteiger partial charge >= 0.3 is 5.97 Å². The first-order chi connectivity index (χ1) is 12.2. The van der Waals surface area contributed by atoms with Crippen molar-refractivity contribution in [3.8, 4) is 11.5 Å². The number of hydrogen-bond donors (Lipinski definition) is 5. The summed E-state index contributed by atoms with van der Waals surface area (Å²) in [5, 5.41) is 48.6. The van der Waals surface area contributed by atoms with Crippen LogP contribution in [0.1, 0.15) is 24.2 Å². The maximum absolute atomic E-state index is 11.9. The number of aromatic hydroxyl groups is 1. The summed E-state index contributed by atoms with van der Waals surface area (Å²) in [6.45, 7) is 3.38. The molecule has 1 aliphatic heterocycles. The average molecular weight is 372 g/mol. The standard InChI is InChI=1S/C17H24O9/c1-8(2)7-24-16(23)10-4-3-9(5-11(10)19)25-17-15(22)14(21)13(20)12(6-18)26-17/h3-5,8,12-15,17-22H,6-7H2,1-2H3/t12-,13-,14+,15-,17-/m1/s1. The van der Waals surface area contributed by atoms with Crippen molar-refractivity contribution in [3.63, 3.8) is 0 Å². The summed E-state index contributed by atoms with van der Waals surface area (Å²) in [6, 6.07) is 3.78. The number of phenols is 1. The van der Waals surface area contributed by atoms with Gasteiger partial charge in [-0.2, -0.15) is 0 Å². The Labute approximate surface area is 150 Å². The number of ether oxygens (including phenoxy) is 3. The molecule has 0 unspecified atom stereocenters. The largest absolute Gasteiger partial charge is 0.507 e. The van der Waals surface area contributed by atoms with E-state index in [0.717, 1.165) is 6.07 Å². The molecule has 1 aliphatic rings. The summed E-state index contributed by atoms with van der Waals surface area (Å²) >= 11 is 0. The van der Waals surface area contributed by atoms with Gasteiger partial charge < -0.3 is 39.7 Å². The molecular formula is C17H24O9. The minimum absolute atomic E-state index is 0.0484. The van der Waals surface area contributed by atoms with Crippen LogP contribution in [0.4, 0.5) is 0 Å². The Hall–Kier alpha value is -1.91. The van der Waals surface area contributed by atoms with Gasteiger partial charge in [-0.15, -0.1) is 0 Å². The predicted molar refractivity (Wildman–Crippen MR) is 87.6 cm³/mol. The van der Waals surface area contributed by atoms with Gasteiger partial charge in [0.25, 0.3) is 0 Å². The van der Waals surface area contributed by atoms with Crippen molar-refractivity contribution in [2.24, 2.45) is 5.92 Å². The normalized spacial score (nSPS) is 28.8. The fourth-order valence-corrected chi connectivity index (χ4v) is 2.38. The summed E-state index contributed by atoms with van der Waals surface area (Å²) in [5.41, 5.74) is -0.0493. The van der Waals surface area contributed by atoms with Gasteiger partial charge in [0.05, 0.1) is 13.2 Å². The Balaban J connectivity index is 2.08. The fraction of sp³-hybridized carbons (Fsp3) is 0.588. The molecule has 0 aromatic heterocycles. The molecule has 0 amide bonds. The third kappa shape index (κ3) is 4.63. The second-order valence-electron chi connectivity index (χ2n) is 6.49. The molecule has 1 aromatic rings. The van der Waals surface area contributed by atoms with Gasteiger partial charge in [0.2, 0.25) is 6.29 Å². The number of aliphatic hydroxyl groups excluding tert-OH is 4. The molecule has 0 saturated carbocycles. The van der Waals surface area contributed by atoms with Gasteiger partial charge in [0.15, 0.2) is 0 Å². The van der Waals surface area contributed by atoms with Gasteiger partial charge in [-0.3, -0.25) is 0 Å². The molecular weight excluding hydrogens is 348 g/mol. The second-order valence-corrected chi connectivity index (χ2v) is 6.49. The zero-order valence-corrected chi connectivity index (χ0v) is 14.5. The lowest BCUT2D eigenvalue weighted by Gasteiger charge is -2.39. The van der Waals surface area contributed by atoms with Crippen LogP contribution in [-0.2, 0) is 9.47 Å². The van der Waals surface area contributed by atoms with Gasteiger partial charge in [-0.1, -0.05) is 13.8 Å². The molecule has 5 N–H and O–H groups in total. The first kappa shape index (κ1) is 20.4. The van der Waals surface area contributed by atoms with Crippen LogP contribution in [0.5, 0.6) is 11.5 Å². The Morgan fingerprint density at radius 3 is 2.46 bits per heavy atom. The second kappa shape index (κ2) is 8.65. The average Bonchev–Trinajstić information content (AvgIpc) is 2.60. The highest BCUT2D eigenvalue weighted by Gasteiger charge is 2.44. The molecule has 0 spiro atoms. The summed E-state index contributed by atoms with van der Waals surface area (Å²) in [5.74, 6) is -0.876. The van der Waals surface area contributed by atoms with E-state index in [0.29, 0.717) is 0 Å². The van der Waals surface area contributed by atoms with Crippen molar-refractivity contribution < 1.29 is 44.5 Å². The van der Waals surface area contributed by atoms with E-state index in [1.807, 2.05) is 13.8 Å². The van der Waals surface area contributed by atoms with Crippen molar-refractivity contribution >= 4 is 5.97 Å². The third-order valence-electron chi connectivity index (χ3n) is 3.84. The van der Waals surface area contributed by atoms with E-state index in [9.17, 15) is 25.2 Å². The molecule has 1 aromatic carbocycles. The lowest BCUT2D eigenvalue weighted by atomic mass is 9.99. The van der Waals surface area contributed by atoms with Crippen LogP contribution < -0.4 is 4.74 Å². The smallest absolute Gasteiger partial charge is 0.341 e. The highest BCUT2D eigenvalue weighted by Crippen LogP contribution is 2.28. The number of aliphatic hydroxyl groups is 4. The van der Waals surface area contributed by atoms with Crippen molar-refractivity contribution in [2.75, 3.05) is 13.2 Å². The van der Waals surface area contributed by atoms with Crippen LogP contribution in [0.2, 0.25) is 0 Å². The lowest BCUT2D eigenvalue weighted by Crippen LogP contribution is -2.60. The highest BCUT2D eigenvalue weighted by atomic mass is 16.7. The quantitative estimate of drug-likeness (QED) is 0.412. The summed E-state index contributed by atoms with van der Waals surface area (Å²) in [7, 11) is 0. The van der Waals surface area contributed by atoms with E-state index in [2.05, 4.69) is 0 Å². The van der Waals surface area contributed by atoms with Crippen LogP contribution in [-0.4, -0.2) is 75.4 Å². The summed E-state index contributed by atoms with van der Waals surface area (Å²) < 4.78 is 15.6. The maximum atomic E-state index is 11.9. The Morgan fingerprint density at radius 1 is 1.19 bits per heavy atom. The van der Waals surface area contributed by atoms with Crippen LogP contribution >= 0.6 is 0 Å². The zero-order valence-electron chi connectivity index (χ0n) is 14.5. The molecule has 146 valence electrons. The Kier molecular flexibility index (Phi) is 6.79. The van der Waals surface area contributed by atoms with Crippen LogP contribution in [0.3, 0.4) is 0 Å². The van der Waals surface area contributed by atoms with Crippen molar-refractivity contribution in [1.82, 2.24) is 0 Å². The molecule has 0 aliphatic carbocycles. The number of phenolic OH excluding ortho intramolecular Hbond substituents is 1. The zero-order chi connectivity index (χ0) is 19.4. The minimum Gasteiger partial charge on any atom is -0.507 e. The van der Waals surface area contributed by atoms with Crippen molar-refractivity contribution in [1.29, 1.82) is 0 Å². The Bertz CT molecular complexity index is 616. The first-order valence-corrected chi connectivity index (χ1v) is 8.22. The molecule has 0 bridgehead atoms. The van der Waals surface area contributed by atoms with Gasteiger partial charge in [-0.25, -0.2) is 4.79 Å². The van der Waals surface area contributed by atoms with Crippen molar-refractivity contribution in [2.45, 2.75) is 44.6 Å². The van der Waals surface area contributed by atoms with Gasteiger partial charge in [0, 0.05) is 6.07 Å². The van der Waals surface area contributed by atoms with Crippen molar-refractivity contribution in [3.05, 3.63) is 23.8 Å². The van der Waals surface area contributed by atoms with E-state index >= 15 is 0 Å². The summed E-state index contributed by atoms with van der Waals surface area (Å²) in [6.07, 6.45) is -7.15. The predicted octanol–water partition coefficient (Wildman–Crippen LogP) is -0.616. The molecule has 9 nitrogen and oxygen atoms in total. The number of carbonyl (C=O) groups excluding carboxylic acids is 1. The van der Waals surface area contributed by atoms with E-state index < -0.39 is 43.3 Å². The summed E-state index contributed by atoms with van der Waals surface area (Å²) in [4.78, 5) is 11.9. The van der Waals surface area contributed by atoms with E-state index in [-0.39, 0.29) is 29.6 Å². The van der Waals surface area contributed by atoms with Crippen LogP contribution in [0.15, 0.2) is 18.2 Å². The molecule has 26 heavy (non-hydrogen) atoms. The van der Waals surface area contributed by atoms with E-state index in [1.165, 1.54) is 12.1 Å². The first-order valence-electron chi connectivity index (χ1n) is 8.22. The van der Waals surface area contributed by atoms with E-state index in [1.54, 1.807) is 0 Å². The molecule has 5 atom stereocenters. The number of benzene rings is 1. The molecule has 1 heterocycles. The third-order valence-corrected chi connectivity index (χ3v) is 3.84. The number of carbonyl (C=O) groups is 1. The molecule has 1 fully saturated rings. The van der Waals surface area contributed by atoms with Gasteiger partial charge in [0.1, 0.15) is 41.5 Å². The molecule has 1 saturated heterocycles. The molecule has 0 radical (unpaired) electrons. The SMILES string of the molecule is CC(C)COC(=O)c1ccc(O[C@@H]2O[C@H](CO)[C@@H](O)[C@H](O)[C@H]2O)cc1O.